The molecule has 4 aromatic rings. The molecule has 89 heavy (non-hydrogen) atoms. The number of thiophene rings is 1. The quantitative estimate of drug-likeness (QED) is 0.0279. The van der Waals surface area contributed by atoms with Crippen LogP contribution in [0.1, 0.15) is 126 Å². The summed E-state index contributed by atoms with van der Waals surface area (Å²) < 4.78 is 69.1. The van der Waals surface area contributed by atoms with Gasteiger partial charge in [-0.05, 0) is 117 Å². The predicted octanol–water partition coefficient (Wildman–Crippen LogP) is 4.90. The fourth-order valence-electron chi connectivity index (χ4n) is 12.7. The fraction of sp³-hybridized carbons (Fsp3) is 0.525. The van der Waals surface area contributed by atoms with Crippen molar-refractivity contribution in [3.8, 4) is 0 Å². The summed E-state index contributed by atoms with van der Waals surface area (Å²) >= 11 is 0.817. The van der Waals surface area contributed by atoms with Crippen LogP contribution in [0.15, 0.2) is 66.7 Å². The number of halogens is 4. The Morgan fingerprint density at radius 1 is 0.899 bits per heavy atom. The maximum absolute atomic E-state index is 14.8. The molecule has 0 bridgehead atoms. The second-order valence-electron chi connectivity index (χ2n) is 23.8. The van der Waals surface area contributed by atoms with Crippen LogP contribution >= 0.6 is 18.9 Å². The molecule has 6 atom stereocenters. The number of aryl methyl sites for hydroxylation is 1. The second kappa shape index (κ2) is 28.2. The molecule has 4 saturated heterocycles. The SMILES string of the molecule is CCCCc1ccc(C[C@H](NC(=O)[C@H](CCC(N)=O)NC(=O)[C@@H]2CC[C@@H]3CCN(CC(F)F)C[C@H](NC(=O)c4cc5cc(C(F)(F)P(=O)(O)O)ccc5s4)C(=O)N32)C(=O)N2CCC(CCN(C)c3cccc4c3CN(C3CCC(=O)NC3=O)C4=O)CC2)cc1. The van der Waals surface area contributed by atoms with Crippen LogP contribution in [-0.2, 0) is 63.2 Å². The topological polar surface area (TPSA) is 301 Å². The van der Waals surface area contributed by atoms with E-state index in [4.69, 9.17) is 5.73 Å². The third kappa shape index (κ3) is 15.5. The van der Waals surface area contributed by atoms with Gasteiger partial charge in [-0.15, -0.1) is 11.3 Å². The molecule has 1 unspecified atom stereocenters. The van der Waals surface area contributed by atoms with Gasteiger partial charge >= 0.3 is 13.3 Å². The lowest BCUT2D eigenvalue weighted by Gasteiger charge is -2.39. The highest BCUT2D eigenvalue weighted by molar-refractivity contribution is 7.52. The number of amides is 9. The van der Waals surface area contributed by atoms with Gasteiger partial charge in [0, 0.05) is 98.7 Å². The third-order valence-corrected chi connectivity index (χ3v) is 19.8. The van der Waals surface area contributed by atoms with E-state index in [0.717, 1.165) is 77.6 Å². The van der Waals surface area contributed by atoms with Gasteiger partial charge in [-0.3, -0.25) is 57.9 Å². The van der Waals surface area contributed by atoms with Crippen LogP contribution in [0.5, 0.6) is 0 Å². The number of primary amides is 1. The maximum atomic E-state index is 14.8. The lowest BCUT2D eigenvalue weighted by atomic mass is 9.92. The largest absolute Gasteiger partial charge is 0.399 e. The average molecular weight is 1280 g/mol. The van der Waals surface area contributed by atoms with Crippen LogP contribution in [0.3, 0.4) is 0 Å². The fourth-order valence-corrected chi connectivity index (χ4v) is 14.2. The number of hydrogen-bond donors (Lipinski definition) is 7. The summed E-state index contributed by atoms with van der Waals surface area (Å²) in [5.41, 5.74) is 4.06. The van der Waals surface area contributed by atoms with Crippen LogP contribution in [0.2, 0.25) is 0 Å². The van der Waals surface area contributed by atoms with Crippen molar-refractivity contribution >= 4 is 87.9 Å². The van der Waals surface area contributed by atoms with Gasteiger partial charge in [0.05, 0.1) is 11.4 Å². The molecule has 5 aliphatic rings. The number of hydrogen-bond acceptors (Lipinski definition) is 13. The Morgan fingerprint density at radius 3 is 2.31 bits per heavy atom. The summed E-state index contributed by atoms with van der Waals surface area (Å²) in [6.07, 6.45) is 2.30. The number of piperidine rings is 2. The van der Waals surface area contributed by atoms with Gasteiger partial charge in [0.15, 0.2) is 0 Å². The van der Waals surface area contributed by atoms with Crippen molar-refractivity contribution in [1.82, 2.24) is 40.9 Å². The van der Waals surface area contributed by atoms with Crippen molar-refractivity contribution < 1.29 is 75.1 Å². The Balaban J connectivity index is 0.877. The molecular formula is C61H75F4N10O12PS. The Kier molecular flexibility index (Phi) is 21.0. The van der Waals surface area contributed by atoms with Gasteiger partial charge in [0.25, 0.3) is 18.2 Å². The molecule has 0 saturated carbocycles. The number of alkyl halides is 4. The van der Waals surface area contributed by atoms with E-state index >= 15 is 0 Å². The van der Waals surface area contributed by atoms with Crippen LogP contribution in [0.4, 0.5) is 23.2 Å². The van der Waals surface area contributed by atoms with Crippen molar-refractivity contribution in [3.05, 3.63) is 99.4 Å². The van der Waals surface area contributed by atoms with Crippen LogP contribution in [0, 0.1) is 5.92 Å². The van der Waals surface area contributed by atoms with E-state index in [-0.39, 0.29) is 103 Å². The number of unbranched alkanes of at least 4 members (excludes halogenated alkanes) is 1. The minimum Gasteiger partial charge on any atom is -0.374 e. The number of rotatable bonds is 24. The number of nitrogens with one attached hydrogen (secondary N) is 4. The molecule has 1 aromatic heterocycles. The summed E-state index contributed by atoms with van der Waals surface area (Å²) in [6, 6.07) is 10.4. The maximum Gasteiger partial charge on any atom is 0.399 e. The van der Waals surface area contributed by atoms with Crippen molar-refractivity contribution in [2.45, 2.75) is 152 Å². The molecule has 4 fully saturated rings. The van der Waals surface area contributed by atoms with Gasteiger partial charge < -0.3 is 51.1 Å². The molecule has 0 radical (unpaired) electrons. The van der Waals surface area contributed by atoms with E-state index in [2.05, 4.69) is 33.1 Å². The van der Waals surface area contributed by atoms with Crippen LogP contribution in [0.25, 0.3) is 10.1 Å². The van der Waals surface area contributed by atoms with Gasteiger partial charge in [-0.1, -0.05) is 49.7 Å². The average Bonchev–Trinajstić information content (AvgIpc) is 2.07. The molecule has 8 N–H and O–H groups in total. The van der Waals surface area contributed by atoms with Crippen LogP contribution < -0.4 is 31.9 Å². The standard InChI is InChI=1S/C61H75F4N10O12PS/c1-3-4-6-35-9-11-37(12-10-35)29-44(59(83)73-27-22-36(23-28-73)21-25-71(2)46-8-5-7-41-42(46)32-74(58(41)82)47-17-20-53(77)70-55(47)79)68-54(78)43(15-19-52(66)76)67-56(80)48-16-14-40-24-26-72(34-51(62)63)33-45(60(84)75(40)48)69-57(81)50-31-38-30-39(13-18-49(38)89-50)61(64,65)88(85,86)87/h5,7-13,18,30-31,36,40,43-45,47-48,51H,3-4,6,14-17,19-29,32-34H2,1-2H3,(H2,66,76)(H,67,80)(H,68,78)(H,69,81)(H,70,77,79)(H2,85,86,87)/t40-,43+,44+,45+,47?,48+/m1/s1. The van der Waals surface area contributed by atoms with E-state index in [9.17, 15) is 75.1 Å². The number of nitrogens with two attached hydrogens (primary N) is 1. The summed E-state index contributed by atoms with van der Waals surface area (Å²) in [5, 5.41) is 10.6. The van der Waals surface area contributed by atoms with Gasteiger partial charge in [0.2, 0.25) is 41.4 Å². The van der Waals surface area contributed by atoms with E-state index in [0.29, 0.717) is 38.0 Å². The first-order valence-electron chi connectivity index (χ1n) is 30.1. The van der Waals surface area contributed by atoms with Crippen molar-refractivity contribution in [3.63, 3.8) is 0 Å². The molecular weight excluding hydrogens is 1200 g/mol. The smallest absolute Gasteiger partial charge is 0.374 e. The highest BCUT2D eigenvalue weighted by Crippen LogP contribution is 2.59. The van der Waals surface area contributed by atoms with Crippen molar-refractivity contribution in [2.24, 2.45) is 11.7 Å². The van der Waals surface area contributed by atoms with E-state index < -0.39 is 110 Å². The molecule has 5 aliphatic heterocycles. The lowest BCUT2D eigenvalue weighted by molar-refractivity contribution is -0.144. The molecule has 480 valence electrons. The predicted molar refractivity (Wildman–Crippen MR) is 320 cm³/mol. The molecule has 0 aliphatic carbocycles. The number of anilines is 1. The molecule has 22 nitrogen and oxygen atoms in total. The molecule has 28 heteroatoms. The molecule has 6 heterocycles. The Hall–Kier alpha value is -7.32. The first-order chi connectivity index (χ1) is 42.3. The van der Waals surface area contributed by atoms with Gasteiger partial charge in [0.1, 0.15) is 30.2 Å². The number of carbonyl (C=O) groups is 9. The van der Waals surface area contributed by atoms with E-state index in [1.165, 1.54) is 20.8 Å². The molecule has 0 spiro atoms. The molecule has 9 rings (SSSR count). The monoisotopic (exact) mass is 1280 g/mol. The normalized spacial score (nSPS) is 21.0. The zero-order valence-electron chi connectivity index (χ0n) is 49.5. The summed E-state index contributed by atoms with van der Waals surface area (Å²) in [4.78, 5) is 150. The highest BCUT2D eigenvalue weighted by Gasteiger charge is 2.51. The highest BCUT2D eigenvalue weighted by atomic mass is 32.1. The number of carbonyl (C=O) groups excluding carboxylic acids is 9. The zero-order chi connectivity index (χ0) is 64.1. The first kappa shape index (κ1) is 66.1. The number of likely N-dealkylation sites (tertiary alicyclic amines) is 1. The molecule has 3 aromatic carbocycles. The van der Waals surface area contributed by atoms with Gasteiger partial charge in [-0.25, -0.2) is 8.78 Å². The zero-order valence-corrected chi connectivity index (χ0v) is 51.2. The van der Waals surface area contributed by atoms with E-state index in [1.54, 1.807) is 11.0 Å². The first-order valence-corrected chi connectivity index (χ1v) is 32.6. The Bertz CT molecular complexity index is 3400. The number of imide groups is 1. The van der Waals surface area contributed by atoms with Gasteiger partial charge in [-0.2, -0.15) is 8.78 Å². The minimum absolute atomic E-state index is 0.0302. The van der Waals surface area contributed by atoms with Crippen molar-refractivity contribution in [1.29, 1.82) is 0 Å². The second-order valence-corrected chi connectivity index (χ2v) is 26.6. The van der Waals surface area contributed by atoms with Crippen molar-refractivity contribution in [2.75, 3.05) is 51.2 Å². The Morgan fingerprint density at radius 2 is 1.63 bits per heavy atom. The summed E-state index contributed by atoms with van der Waals surface area (Å²) in [5.74, 6) is -5.36. The summed E-state index contributed by atoms with van der Waals surface area (Å²) in [6.45, 7) is 2.55. The summed E-state index contributed by atoms with van der Waals surface area (Å²) in [7, 11) is -3.99. The number of fused-ring (bicyclic) bond motifs is 3. The van der Waals surface area contributed by atoms with E-state index in [1.807, 2.05) is 43.4 Å². The minimum atomic E-state index is -5.93. The molecule has 9 amide bonds. The number of benzene rings is 3. The Labute approximate surface area is 515 Å². The lowest BCUT2D eigenvalue weighted by Crippen LogP contribution is -2.62. The number of nitrogens with zero attached hydrogens (tertiary/aromatic N) is 5. The third-order valence-electron chi connectivity index (χ3n) is 17.7. The van der Waals surface area contributed by atoms with Crippen LogP contribution in [-0.4, -0.2) is 172 Å².